The Morgan fingerprint density at radius 2 is 1.11 bits per heavy atom. The summed E-state index contributed by atoms with van der Waals surface area (Å²) in [5, 5.41) is 2.82. The van der Waals surface area contributed by atoms with E-state index in [-0.39, 0.29) is 11.1 Å². The number of benzene rings is 2. The molecule has 94 valence electrons. The molecule has 0 saturated heterocycles. The molecule has 0 atom stereocenters. The van der Waals surface area contributed by atoms with Crippen LogP contribution in [0.25, 0.3) is 21.5 Å². The maximum Gasteiger partial charge on any atom is 0.261 e. The Labute approximate surface area is 109 Å². The molecule has 0 spiro atoms. The standard InChI is InChI=1S/C16H13NO2/c1-2-17-15(18)13-9-5-3-7-11(13)12-8-4-6-10-14(12)16(17)19/h3-10H,2H2,1H3. The lowest BCUT2D eigenvalue weighted by Gasteiger charge is -1.95. The molecule has 3 rings (SSSR count). The van der Waals surface area contributed by atoms with Crippen LogP contribution < -0.4 is 11.1 Å². The largest absolute Gasteiger partial charge is 0.275 e. The van der Waals surface area contributed by atoms with Crippen molar-refractivity contribution >= 4 is 21.5 Å². The lowest BCUT2D eigenvalue weighted by atomic mass is 10.1. The first-order chi connectivity index (χ1) is 9.24. The van der Waals surface area contributed by atoms with E-state index in [0.717, 1.165) is 10.8 Å². The molecular weight excluding hydrogens is 238 g/mol. The topological polar surface area (TPSA) is 39.1 Å². The Kier molecular flexibility index (Phi) is 2.67. The summed E-state index contributed by atoms with van der Waals surface area (Å²) in [6.07, 6.45) is 0. The molecule has 3 aromatic rings. The van der Waals surface area contributed by atoms with Crippen LogP contribution in [0.1, 0.15) is 6.92 Å². The number of nitrogens with zero attached hydrogens (tertiary/aromatic N) is 1. The van der Waals surface area contributed by atoms with Gasteiger partial charge in [-0.2, -0.15) is 0 Å². The third-order valence-corrected chi connectivity index (χ3v) is 3.41. The minimum absolute atomic E-state index is 0.223. The van der Waals surface area contributed by atoms with Crippen LogP contribution in [0.5, 0.6) is 0 Å². The summed E-state index contributed by atoms with van der Waals surface area (Å²) < 4.78 is 1.30. The van der Waals surface area contributed by atoms with E-state index in [1.165, 1.54) is 4.57 Å². The molecule has 0 radical (unpaired) electrons. The van der Waals surface area contributed by atoms with Crippen LogP contribution >= 0.6 is 0 Å². The van der Waals surface area contributed by atoms with E-state index in [1.54, 1.807) is 12.1 Å². The van der Waals surface area contributed by atoms with Crippen molar-refractivity contribution < 1.29 is 0 Å². The molecule has 0 aliphatic rings. The van der Waals surface area contributed by atoms with Gasteiger partial charge >= 0.3 is 0 Å². The van der Waals surface area contributed by atoms with Gasteiger partial charge in [-0.05, 0) is 29.8 Å². The average molecular weight is 251 g/mol. The fourth-order valence-electron chi connectivity index (χ4n) is 2.48. The second kappa shape index (κ2) is 4.35. The van der Waals surface area contributed by atoms with Crippen molar-refractivity contribution in [1.82, 2.24) is 4.57 Å². The third kappa shape index (κ3) is 1.66. The first-order valence-electron chi connectivity index (χ1n) is 6.28. The zero-order valence-electron chi connectivity index (χ0n) is 10.6. The van der Waals surface area contributed by atoms with Gasteiger partial charge in [0.1, 0.15) is 0 Å². The van der Waals surface area contributed by atoms with Gasteiger partial charge < -0.3 is 0 Å². The number of hydrogen-bond acceptors (Lipinski definition) is 2. The van der Waals surface area contributed by atoms with Gasteiger partial charge in [-0.25, -0.2) is 0 Å². The van der Waals surface area contributed by atoms with Crippen molar-refractivity contribution in [2.75, 3.05) is 0 Å². The second-order valence-electron chi connectivity index (χ2n) is 4.45. The predicted molar refractivity (Wildman–Crippen MR) is 77.7 cm³/mol. The minimum atomic E-state index is -0.223. The average Bonchev–Trinajstić information content (AvgIpc) is 2.55. The van der Waals surface area contributed by atoms with Crippen LogP contribution in [0, 0.1) is 0 Å². The van der Waals surface area contributed by atoms with Crippen LogP contribution in [0.3, 0.4) is 0 Å². The Balaban J connectivity index is 2.81. The number of rotatable bonds is 1. The fraction of sp³-hybridized carbons (Fsp3) is 0.125. The Hall–Kier alpha value is -2.42. The van der Waals surface area contributed by atoms with E-state index in [1.807, 2.05) is 43.3 Å². The molecule has 2 aromatic carbocycles. The molecule has 0 aliphatic heterocycles. The van der Waals surface area contributed by atoms with E-state index in [0.29, 0.717) is 17.3 Å². The summed E-state index contributed by atoms with van der Waals surface area (Å²) in [6, 6.07) is 14.7. The molecule has 0 unspecified atom stereocenters. The molecule has 0 aliphatic carbocycles. The summed E-state index contributed by atoms with van der Waals surface area (Å²) in [6.45, 7) is 2.19. The maximum absolute atomic E-state index is 12.5. The van der Waals surface area contributed by atoms with Gasteiger partial charge in [0.15, 0.2) is 0 Å². The van der Waals surface area contributed by atoms with Crippen molar-refractivity contribution in [2.24, 2.45) is 0 Å². The molecule has 3 heteroatoms. The zero-order chi connectivity index (χ0) is 13.4. The van der Waals surface area contributed by atoms with E-state index in [4.69, 9.17) is 0 Å². The number of hydrogen-bond donors (Lipinski definition) is 0. The van der Waals surface area contributed by atoms with Crippen LogP contribution in [0.2, 0.25) is 0 Å². The maximum atomic E-state index is 12.5. The molecule has 0 N–H and O–H groups in total. The molecule has 0 bridgehead atoms. The summed E-state index contributed by atoms with van der Waals surface area (Å²) >= 11 is 0. The predicted octanol–water partition coefficient (Wildman–Crippen LogP) is 2.53. The first kappa shape index (κ1) is 11.7. The van der Waals surface area contributed by atoms with Crippen molar-refractivity contribution in [1.29, 1.82) is 0 Å². The molecule has 1 heterocycles. The monoisotopic (exact) mass is 251 g/mol. The Morgan fingerprint density at radius 3 is 1.47 bits per heavy atom. The molecule has 0 saturated carbocycles. The van der Waals surface area contributed by atoms with Crippen LogP contribution in [0.4, 0.5) is 0 Å². The highest BCUT2D eigenvalue weighted by Crippen LogP contribution is 2.18. The lowest BCUT2D eigenvalue weighted by molar-refractivity contribution is 0.715. The van der Waals surface area contributed by atoms with Crippen LogP contribution in [-0.2, 0) is 6.54 Å². The third-order valence-electron chi connectivity index (χ3n) is 3.41. The van der Waals surface area contributed by atoms with Crippen LogP contribution in [0.15, 0.2) is 58.1 Å². The quantitative estimate of drug-likeness (QED) is 0.666. The van der Waals surface area contributed by atoms with Gasteiger partial charge in [0.2, 0.25) is 0 Å². The second-order valence-corrected chi connectivity index (χ2v) is 4.45. The SMILES string of the molecule is CCn1c(=O)c2ccccc2c2ccccc2c1=O. The van der Waals surface area contributed by atoms with Gasteiger partial charge in [0.25, 0.3) is 11.1 Å². The van der Waals surface area contributed by atoms with E-state index in [9.17, 15) is 9.59 Å². The zero-order valence-corrected chi connectivity index (χ0v) is 10.6. The van der Waals surface area contributed by atoms with Gasteiger partial charge in [0, 0.05) is 17.3 Å². The molecule has 3 nitrogen and oxygen atoms in total. The summed E-state index contributed by atoms with van der Waals surface area (Å²) in [4.78, 5) is 24.9. The minimum Gasteiger partial charge on any atom is -0.275 e. The molecule has 0 amide bonds. The number of fused-ring (bicyclic) bond motifs is 3. The van der Waals surface area contributed by atoms with E-state index >= 15 is 0 Å². The van der Waals surface area contributed by atoms with Gasteiger partial charge in [-0.15, -0.1) is 0 Å². The smallest absolute Gasteiger partial charge is 0.261 e. The Bertz CT molecular complexity index is 822. The van der Waals surface area contributed by atoms with Crippen molar-refractivity contribution in [3.63, 3.8) is 0 Å². The van der Waals surface area contributed by atoms with E-state index < -0.39 is 0 Å². The Morgan fingerprint density at radius 1 is 0.737 bits per heavy atom. The van der Waals surface area contributed by atoms with Crippen molar-refractivity contribution in [2.45, 2.75) is 13.5 Å². The first-order valence-corrected chi connectivity index (χ1v) is 6.28. The van der Waals surface area contributed by atoms with Crippen molar-refractivity contribution in [3.8, 4) is 0 Å². The summed E-state index contributed by atoms with van der Waals surface area (Å²) in [7, 11) is 0. The van der Waals surface area contributed by atoms with Gasteiger partial charge in [-0.3, -0.25) is 14.2 Å². The highest BCUT2D eigenvalue weighted by molar-refractivity contribution is 6.05. The normalized spacial score (nSPS) is 11.0. The summed E-state index contributed by atoms with van der Waals surface area (Å²) in [5.41, 5.74) is -0.446. The van der Waals surface area contributed by atoms with Crippen LogP contribution in [-0.4, -0.2) is 4.57 Å². The lowest BCUT2D eigenvalue weighted by Crippen LogP contribution is -2.29. The summed E-state index contributed by atoms with van der Waals surface area (Å²) in [5.74, 6) is 0. The molecule has 0 fully saturated rings. The highest BCUT2D eigenvalue weighted by Gasteiger charge is 2.08. The van der Waals surface area contributed by atoms with Gasteiger partial charge in [-0.1, -0.05) is 36.4 Å². The fourth-order valence-corrected chi connectivity index (χ4v) is 2.48. The van der Waals surface area contributed by atoms with E-state index in [2.05, 4.69) is 0 Å². The molecular formula is C16H13NO2. The molecule has 19 heavy (non-hydrogen) atoms. The van der Waals surface area contributed by atoms with Crippen molar-refractivity contribution in [3.05, 3.63) is 69.2 Å². The number of aromatic nitrogens is 1. The highest BCUT2D eigenvalue weighted by atomic mass is 16.2. The van der Waals surface area contributed by atoms with Gasteiger partial charge in [0.05, 0.1) is 0 Å². The molecule has 1 aromatic heterocycles.